The molecule has 3 saturated heterocycles. The maximum absolute atomic E-state index is 13.3. The Balaban J connectivity index is 1.38. The fourth-order valence-corrected chi connectivity index (χ4v) is 5.80. The van der Waals surface area contributed by atoms with E-state index in [2.05, 4.69) is 16.5 Å². The van der Waals surface area contributed by atoms with Crippen LogP contribution in [0.3, 0.4) is 0 Å². The second-order valence-corrected chi connectivity index (χ2v) is 9.79. The van der Waals surface area contributed by atoms with Crippen LogP contribution in [0, 0.1) is 19.3 Å². The summed E-state index contributed by atoms with van der Waals surface area (Å²) in [6, 6.07) is 1.97. The molecule has 0 aromatic carbocycles. The van der Waals surface area contributed by atoms with Crippen LogP contribution < -0.4 is 0 Å². The summed E-state index contributed by atoms with van der Waals surface area (Å²) in [5, 5.41) is 0. The van der Waals surface area contributed by atoms with Crippen molar-refractivity contribution in [2.24, 2.45) is 5.41 Å². The first kappa shape index (κ1) is 23.3. The number of carbonyl (C=O) groups is 2. The van der Waals surface area contributed by atoms with Crippen molar-refractivity contribution in [3.05, 3.63) is 23.0 Å². The van der Waals surface area contributed by atoms with Gasteiger partial charge in [-0.3, -0.25) is 14.5 Å². The molecule has 0 bridgehead atoms. The van der Waals surface area contributed by atoms with Crippen LogP contribution in [0.1, 0.15) is 41.0 Å². The van der Waals surface area contributed by atoms with E-state index in [4.69, 9.17) is 9.47 Å². The van der Waals surface area contributed by atoms with Gasteiger partial charge in [-0.2, -0.15) is 0 Å². The number of methoxy groups -OCH3 is 1. The second-order valence-electron chi connectivity index (χ2n) is 9.79. The Morgan fingerprint density at radius 2 is 1.81 bits per heavy atom. The molecule has 2 amide bonds. The molecule has 3 aliphatic heterocycles. The number of hydrogen-bond donors (Lipinski definition) is 0. The lowest BCUT2D eigenvalue weighted by Crippen LogP contribution is -2.48. The first-order valence-electron chi connectivity index (χ1n) is 11.9. The number of rotatable bonds is 5. The quantitative estimate of drug-likeness (QED) is 0.686. The molecule has 4 heterocycles. The zero-order valence-electron chi connectivity index (χ0n) is 20.1. The Morgan fingerprint density at radius 1 is 1.12 bits per heavy atom. The minimum Gasteiger partial charge on any atom is -0.383 e. The SMILES string of the molecule is COCCn1c(C)cc(C(=O)N2CCC3(CC2)CC(C(=O)N2CCOCC2)N(C)C3)c1C. The van der Waals surface area contributed by atoms with E-state index in [1.807, 2.05) is 29.7 Å². The van der Waals surface area contributed by atoms with Gasteiger partial charge in [0.15, 0.2) is 0 Å². The third kappa shape index (κ3) is 4.45. The summed E-state index contributed by atoms with van der Waals surface area (Å²) in [4.78, 5) is 32.6. The highest BCUT2D eigenvalue weighted by molar-refractivity contribution is 5.95. The van der Waals surface area contributed by atoms with E-state index >= 15 is 0 Å². The van der Waals surface area contributed by atoms with Crippen molar-refractivity contribution in [2.45, 2.75) is 45.7 Å². The molecule has 0 N–H and O–H groups in total. The van der Waals surface area contributed by atoms with E-state index in [0.717, 1.165) is 62.4 Å². The van der Waals surface area contributed by atoms with Gasteiger partial charge in [-0.1, -0.05) is 0 Å². The lowest BCUT2D eigenvalue weighted by molar-refractivity contribution is -0.139. The van der Waals surface area contributed by atoms with Crippen molar-refractivity contribution in [3.63, 3.8) is 0 Å². The van der Waals surface area contributed by atoms with Crippen molar-refractivity contribution in [1.29, 1.82) is 0 Å². The molecule has 3 aliphatic rings. The Bertz CT molecular complexity index is 837. The predicted octanol–water partition coefficient (Wildman–Crippen LogP) is 1.54. The molecule has 8 nitrogen and oxygen atoms in total. The highest BCUT2D eigenvalue weighted by Gasteiger charge is 2.48. The highest BCUT2D eigenvalue weighted by atomic mass is 16.5. The van der Waals surface area contributed by atoms with Gasteiger partial charge in [-0.15, -0.1) is 0 Å². The average molecular weight is 447 g/mol. The Labute approximate surface area is 191 Å². The summed E-state index contributed by atoms with van der Waals surface area (Å²) in [5.41, 5.74) is 3.05. The number of aryl methyl sites for hydroxylation is 1. The van der Waals surface area contributed by atoms with Crippen molar-refractivity contribution in [1.82, 2.24) is 19.3 Å². The van der Waals surface area contributed by atoms with Gasteiger partial charge in [0.1, 0.15) is 0 Å². The molecule has 8 heteroatoms. The normalized spacial score (nSPS) is 23.8. The number of amides is 2. The van der Waals surface area contributed by atoms with Crippen LogP contribution in [0.2, 0.25) is 0 Å². The van der Waals surface area contributed by atoms with E-state index in [1.54, 1.807) is 7.11 Å². The van der Waals surface area contributed by atoms with Gasteiger partial charge >= 0.3 is 0 Å². The number of morpholine rings is 1. The number of nitrogens with zero attached hydrogens (tertiary/aromatic N) is 4. The third-order valence-corrected chi connectivity index (χ3v) is 7.79. The van der Waals surface area contributed by atoms with Crippen molar-refractivity contribution < 1.29 is 19.1 Å². The molecule has 32 heavy (non-hydrogen) atoms. The monoisotopic (exact) mass is 446 g/mol. The molecular weight excluding hydrogens is 408 g/mol. The fourth-order valence-electron chi connectivity index (χ4n) is 5.80. The minimum absolute atomic E-state index is 0.0462. The Kier molecular flexibility index (Phi) is 6.93. The smallest absolute Gasteiger partial charge is 0.255 e. The van der Waals surface area contributed by atoms with Gasteiger partial charge in [0.2, 0.25) is 5.91 Å². The largest absolute Gasteiger partial charge is 0.383 e. The Morgan fingerprint density at radius 3 is 2.47 bits per heavy atom. The van der Waals surface area contributed by atoms with Crippen LogP contribution in [0.5, 0.6) is 0 Å². The predicted molar refractivity (Wildman–Crippen MR) is 122 cm³/mol. The van der Waals surface area contributed by atoms with E-state index in [1.165, 1.54) is 0 Å². The van der Waals surface area contributed by atoms with E-state index in [-0.39, 0.29) is 23.3 Å². The average Bonchev–Trinajstić information content (AvgIpc) is 3.27. The van der Waals surface area contributed by atoms with E-state index in [0.29, 0.717) is 32.9 Å². The van der Waals surface area contributed by atoms with Gasteiger partial charge < -0.3 is 23.8 Å². The maximum Gasteiger partial charge on any atom is 0.255 e. The van der Waals surface area contributed by atoms with Gasteiger partial charge in [-0.25, -0.2) is 0 Å². The highest BCUT2D eigenvalue weighted by Crippen LogP contribution is 2.43. The molecule has 0 saturated carbocycles. The van der Waals surface area contributed by atoms with E-state index < -0.39 is 0 Å². The molecule has 1 aromatic rings. The topological polar surface area (TPSA) is 67.2 Å². The lowest BCUT2D eigenvalue weighted by Gasteiger charge is -2.39. The first-order chi connectivity index (χ1) is 15.3. The lowest BCUT2D eigenvalue weighted by atomic mass is 9.76. The molecular formula is C24H38N4O4. The molecule has 1 aromatic heterocycles. The molecule has 0 radical (unpaired) electrons. The molecule has 1 atom stereocenters. The molecule has 3 fully saturated rings. The third-order valence-electron chi connectivity index (χ3n) is 7.79. The summed E-state index contributed by atoms with van der Waals surface area (Å²) in [6.45, 7) is 10.6. The standard InChI is InChI=1S/C24H38N4O4/c1-18-15-20(19(2)28(18)11-12-31-4)22(29)26-7-5-24(6-8-26)16-21(25(3)17-24)23(30)27-9-13-32-14-10-27/h15,21H,5-14,16-17H2,1-4H3. The number of ether oxygens (including phenoxy) is 2. The van der Waals surface area contributed by atoms with Crippen LogP contribution in [0.4, 0.5) is 0 Å². The number of likely N-dealkylation sites (tertiary alicyclic amines) is 2. The van der Waals surface area contributed by atoms with Gasteiger partial charge in [-0.05, 0) is 51.6 Å². The maximum atomic E-state index is 13.3. The van der Waals surface area contributed by atoms with Crippen LogP contribution in [0.25, 0.3) is 0 Å². The van der Waals surface area contributed by atoms with E-state index in [9.17, 15) is 9.59 Å². The van der Waals surface area contributed by atoms with Crippen LogP contribution >= 0.6 is 0 Å². The zero-order chi connectivity index (χ0) is 22.9. The van der Waals surface area contributed by atoms with Crippen LogP contribution in [-0.4, -0.2) is 104 Å². The van der Waals surface area contributed by atoms with Crippen molar-refractivity contribution in [3.8, 4) is 0 Å². The summed E-state index contributed by atoms with van der Waals surface area (Å²) < 4.78 is 12.8. The molecule has 1 unspecified atom stereocenters. The summed E-state index contributed by atoms with van der Waals surface area (Å²) in [7, 11) is 3.77. The minimum atomic E-state index is -0.0462. The molecule has 4 rings (SSSR count). The fraction of sp³-hybridized carbons (Fsp3) is 0.750. The molecule has 0 aliphatic carbocycles. The number of likely N-dealkylation sites (N-methyl/N-ethyl adjacent to an activating group) is 1. The van der Waals surface area contributed by atoms with Gasteiger partial charge in [0.05, 0.1) is 31.4 Å². The first-order valence-corrected chi connectivity index (χ1v) is 11.9. The van der Waals surface area contributed by atoms with Crippen molar-refractivity contribution >= 4 is 11.8 Å². The summed E-state index contributed by atoms with van der Waals surface area (Å²) in [6.07, 6.45) is 2.81. The van der Waals surface area contributed by atoms with Gasteiger partial charge in [0, 0.05) is 57.8 Å². The summed E-state index contributed by atoms with van der Waals surface area (Å²) in [5.74, 6) is 0.374. The molecule has 178 valence electrons. The summed E-state index contributed by atoms with van der Waals surface area (Å²) >= 11 is 0. The Hall–Kier alpha value is -1.90. The zero-order valence-corrected chi connectivity index (χ0v) is 20.1. The number of carbonyl (C=O) groups excluding carboxylic acids is 2. The molecule has 1 spiro atoms. The van der Waals surface area contributed by atoms with Gasteiger partial charge in [0.25, 0.3) is 5.91 Å². The number of hydrogen-bond acceptors (Lipinski definition) is 5. The number of piperidine rings is 1. The van der Waals surface area contributed by atoms with Crippen LogP contribution in [-0.2, 0) is 20.8 Å². The van der Waals surface area contributed by atoms with Crippen LogP contribution in [0.15, 0.2) is 6.07 Å². The number of aromatic nitrogens is 1. The van der Waals surface area contributed by atoms with Crippen molar-refractivity contribution in [2.75, 3.05) is 66.7 Å². The second kappa shape index (κ2) is 9.53.